The number of carboxylic acid groups (broad SMARTS) is 1. The fraction of sp³-hybridized carbons (Fsp3) is 0.0833. The van der Waals surface area contributed by atoms with Crippen LogP contribution in [0.3, 0.4) is 0 Å². The van der Waals surface area contributed by atoms with Crippen molar-refractivity contribution in [1.29, 1.82) is 0 Å². The molecule has 33 heavy (non-hydrogen) atoms. The van der Waals surface area contributed by atoms with Gasteiger partial charge in [-0.15, -0.1) is 0 Å². The molecule has 1 aliphatic rings. The number of halogens is 1. The van der Waals surface area contributed by atoms with Crippen LogP contribution in [-0.2, 0) is 4.79 Å². The molecule has 8 nitrogen and oxygen atoms in total. The zero-order valence-electron chi connectivity index (χ0n) is 17.7. The second-order valence-electron chi connectivity index (χ2n) is 7.40. The fourth-order valence-corrected chi connectivity index (χ4v) is 3.32. The van der Waals surface area contributed by atoms with Crippen LogP contribution in [0.2, 0.25) is 0 Å². The minimum Gasteiger partial charge on any atom is -0.505 e. The standard InChI is InChI=1S/C24H19FN4O4/c1-13-9-10-17(12-19(13)25)29-23(31)21(14(2)28-29)27-26-20-8-4-7-18(22(20)30)15-5-3-6-16(11-15)24(32)33/h3-12,26,30H,1-2H3,(H,32,33)/b27-21-. The molecule has 0 aromatic heterocycles. The molecule has 0 saturated heterocycles. The fourth-order valence-electron chi connectivity index (χ4n) is 3.32. The molecule has 9 heteroatoms. The van der Waals surface area contributed by atoms with Crippen molar-refractivity contribution in [3.63, 3.8) is 0 Å². The van der Waals surface area contributed by atoms with Crippen LogP contribution in [0.15, 0.2) is 70.9 Å². The number of benzene rings is 3. The quantitative estimate of drug-likeness (QED) is 0.397. The lowest BCUT2D eigenvalue weighted by Gasteiger charge is -2.12. The van der Waals surface area contributed by atoms with Gasteiger partial charge in [0.2, 0.25) is 0 Å². The molecule has 0 bridgehead atoms. The van der Waals surface area contributed by atoms with E-state index < -0.39 is 17.7 Å². The van der Waals surface area contributed by atoms with E-state index in [-0.39, 0.29) is 28.4 Å². The molecular formula is C24H19FN4O4. The molecule has 0 atom stereocenters. The lowest BCUT2D eigenvalue weighted by molar-refractivity contribution is -0.112. The summed E-state index contributed by atoms with van der Waals surface area (Å²) in [4.78, 5) is 24.1. The largest absolute Gasteiger partial charge is 0.505 e. The van der Waals surface area contributed by atoms with Crippen LogP contribution in [0.4, 0.5) is 15.8 Å². The van der Waals surface area contributed by atoms with E-state index in [1.54, 1.807) is 56.3 Å². The number of rotatable bonds is 5. The summed E-state index contributed by atoms with van der Waals surface area (Å²) in [7, 11) is 0. The lowest BCUT2D eigenvalue weighted by atomic mass is 10.0. The molecule has 0 unspecified atom stereocenters. The number of aromatic hydroxyl groups is 1. The van der Waals surface area contributed by atoms with E-state index in [0.717, 1.165) is 5.01 Å². The number of hydrogen-bond donors (Lipinski definition) is 3. The number of amides is 1. The van der Waals surface area contributed by atoms with Crippen LogP contribution in [-0.4, -0.2) is 33.5 Å². The summed E-state index contributed by atoms with van der Waals surface area (Å²) in [6.07, 6.45) is 0. The molecule has 0 radical (unpaired) electrons. The summed E-state index contributed by atoms with van der Waals surface area (Å²) < 4.78 is 13.9. The van der Waals surface area contributed by atoms with Crippen LogP contribution in [0.25, 0.3) is 11.1 Å². The Kier molecular flexibility index (Phi) is 5.61. The number of nitrogens with zero attached hydrogens (tertiary/aromatic N) is 3. The van der Waals surface area contributed by atoms with Crippen molar-refractivity contribution in [2.45, 2.75) is 13.8 Å². The van der Waals surface area contributed by atoms with Gasteiger partial charge in [0.1, 0.15) is 11.6 Å². The number of carbonyl (C=O) groups is 2. The summed E-state index contributed by atoms with van der Waals surface area (Å²) in [5.74, 6) is -2.25. The van der Waals surface area contributed by atoms with Crippen LogP contribution in [0.1, 0.15) is 22.8 Å². The van der Waals surface area contributed by atoms with Crippen molar-refractivity contribution in [2.75, 3.05) is 10.4 Å². The van der Waals surface area contributed by atoms with E-state index in [2.05, 4.69) is 15.6 Å². The van der Waals surface area contributed by atoms with Gasteiger partial charge in [0, 0.05) is 5.56 Å². The highest BCUT2D eigenvalue weighted by Gasteiger charge is 2.31. The molecule has 0 saturated carbocycles. The number of para-hydroxylation sites is 1. The van der Waals surface area contributed by atoms with Crippen LogP contribution in [0.5, 0.6) is 5.75 Å². The average molecular weight is 446 g/mol. The van der Waals surface area contributed by atoms with Crippen LogP contribution >= 0.6 is 0 Å². The van der Waals surface area contributed by atoms with Crippen molar-refractivity contribution in [3.05, 3.63) is 77.6 Å². The lowest BCUT2D eigenvalue weighted by Crippen LogP contribution is -2.28. The van der Waals surface area contributed by atoms with Crippen molar-refractivity contribution in [3.8, 4) is 16.9 Å². The molecule has 3 aromatic carbocycles. The Morgan fingerprint density at radius 3 is 2.58 bits per heavy atom. The highest BCUT2D eigenvalue weighted by atomic mass is 19.1. The number of aromatic carboxylic acids is 1. The van der Waals surface area contributed by atoms with Crippen LogP contribution < -0.4 is 10.4 Å². The van der Waals surface area contributed by atoms with E-state index in [4.69, 9.17) is 0 Å². The van der Waals surface area contributed by atoms with Gasteiger partial charge in [-0.1, -0.05) is 30.3 Å². The maximum Gasteiger partial charge on any atom is 0.335 e. The van der Waals surface area contributed by atoms with Gasteiger partial charge in [-0.05, 0) is 55.3 Å². The van der Waals surface area contributed by atoms with Crippen molar-refractivity contribution >= 4 is 34.7 Å². The Morgan fingerprint density at radius 2 is 1.85 bits per heavy atom. The molecule has 3 N–H and O–H groups in total. The maximum atomic E-state index is 13.9. The molecule has 1 aliphatic heterocycles. The number of anilines is 2. The molecule has 0 fully saturated rings. The minimum absolute atomic E-state index is 0.00802. The first kappa shape index (κ1) is 21.7. The zero-order valence-corrected chi connectivity index (χ0v) is 17.7. The molecule has 1 heterocycles. The van der Waals surface area contributed by atoms with E-state index in [1.165, 1.54) is 18.2 Å². The molecular weight excluding hydrogens is 427 g/mol. The number of hydrazone groups is 2. The normalized spacial score (nSPS) is 14.5. The highest BCUT2D eigenvalue weighted by Crippen LogP contribution is 2.36. The van der Waals surface area contributed by atoms with Gasteiger partial charge >= 0.3 is 11.9 Å². The van der Waals surface area contributed by atoms with Gasteiger partial charge in [-0.3, -0.25) is 10.2 Å². The number of phenols is 1. The van der Waals surface area contributed by atoms with E-state index in [9.17, 15) is 24.2 Å². The first-order valence-corrected chi connectivity index (χ1v) is 9.92. The van der Waals surface area contributed by atoms with Gasteiger partial charge in [0.25, 0.3) is 0 Å². The van der Waals surface area contributed by atoms with E-state index in [0.29, 0.717) is 22.4 Å². The Balaban J connectivity index is 1.61. The predicted molar refractivity (Wildman–Crippen MR) is 123 cm³/mol. The number of carboxylic acids is 1. The first-order chi connectivity index (χ1) is 15.8. The topological polar surface area (TPSA) is 115 Å². The predicted octanol–water partition coefficient (Wildman–Crippen LogP) is 4.40. The molecule has 3 aromatic rings. The maximum absolute atomic E-state index is 13.9. The third-order valence-corrected chi connectivity index (χ3v) is 5.13. The van der Waals surface area contributed by atoms with Gasteiger partial charge in [0.15, 0.2) is 5.71 Å². The molecule has 166 valence electrons. The SMILES string of the molecule is CC1=NN(c2ccc(C)c(F)c2)C(=O)/C1=N\Nc1cccc(-c2cccc(C(=O)O)c2)c1O. The Hall–Kier alpha value is -4.53. The number of nitrogens with one attached hydrogen (secondary N) is 1. The van der Waals surface area contributed by atoms with Crippen molar-refractivity contribution in [1.82, 2.24) is 0 Å². The molecule has 4 rings (SSSR count). The van der Waals surface area contributed by atoms with E-state index in [1.807, 2.05) is 0 Å². The first-order valence-electron chi connectivity index (χ1n) is 9.92. The summed E-state index contributed by atoms with van der Waals surface area (Å²) in [6, 6.07) is 15.4. The average Bonchev–Trinajstić information content (AvgIpc) is 3.08. The van der Waals surface area contributed by atoms with Crippen LogP contribution in [0, 0.1) is 12.7 Å². The molecule has 0 spiro atoms. The van der Waals surface area contributed by atoms with Gasteiger partial charge in [-0.2, -0.15) is 15.2 Å². The summed E-state index contributed by atoms with van der Waals surface area (Å²) in [6.45, 7) is 3.21. The number of hydrogen-bond acceptors (Lipinski definition) is 6. The van der Waals surface area contributed by atoms with Gasteiger partial charge in [0.05, 0.1) is 22.6 Å². The molecule has 1 amide bonds. The monoisotopic (exact) mass is 446 g/mol. The number of phenolic OH excluding ortho intramolecular Hbond substituents is 1. The third kappa shape index (κ3) is 4.16. The Morgan fingerprint density at radius 1 is 1.09 bits per heavy atom. The van der Waals surface area contributed by atoms with Crippen molar-refractivity contribution in [2.24, 2.45) is 10.2 Å². The summed E-state index contributed by atoms with van der Waals surface area (Å²) in [5, 5.41) is 29.3. The Labute approximate surface area is 188 Å². The Bertz CT molecular complexity index is 1350. The van der Waals surface area contributed by atoms with Crippen molar-refractivity contribution < 1.29 is 24.2 Å². The third-order valence-electron chi connectivity index (χ3n) is 5.13. The van der Waals surface area contributed by atoms with E-state index >= 15 is 0 Å². The van der Waals surface area contributed by atoms with Gasteiger partial charge in [-0.25, -0.2) is 9.18 Å². The summed E-state index contributed by atoms with van der Waals surface area (Å²) in [5.41, 5.74) is 4.92. The highest BCUT2D eigenvalue weighted by molar-refractivity contribution is 6.71. The molecule has 0 aliphatic carbocycles. The minimum atomic E-state index is -1.08. The second kappa shape index (κ2) is 8.54. The number of carbonyl (C=O) groups excluding carboxylic acids is 1. The second-order valence-corrected chi connectivity index (χ2v) is 7.40. The summed E-state index contributed by atoms with van der Waals surface area (Å²) >= 11 is 0. The smallest absolute Gasteiger partial charge is 0.335 e. The number of aryl methyl sites for hydroxylation is 1. The zero-order chi connectivity index (χ0) is 23.7. The van der Waals surface area contributed by atoms with Gasteiger partial charge < -0.3 is 10.2 Å².